The van der Waals surface area contributed by atoms with Crippen molar-refractivity contribution in [1.29, 1.82) is 0 Å². The van der Waals surface area contributed by atoms with Gasteiger partial charge >= 0.3 is 12.1 Å². The molecule has 28 heavy (non-hydrogen) atoms. The van der Waals surface area contributed by atoms with Crippen LogP contribution in [0.15, 0.2) is 54.6 Å². The van der Waals surface area contributed by atoms with Crippen LogP contribution in [-0.4, -0.2) is 17.7 Å². The molecule has 2 aromatic rings. The van der Waals surface area contributed by atoms with Crippen molar-refractivity contribution in [2.45, 2.75) is 46.3 Å². The first kappa shape index (κ1) is 21.3. The molecule has 6 heteroatoms. The van der Waals surface area contributed by atoms with Gasteiger partial charge in [-0.1, -0.05) is 44.2 Å². The second-order valence-corrected chi connectivity index (χ2v) is 7.94. The summed E-state index contributed by atoms with van der Waals surface area (Å²) in [6.07, 6.45) is -0.520. The molecule has 0 fully saturated rings. The van der Waals surface area contributed by atoms with Gasteiger partial charge in [-0.2, -0.15) is 0 Å². The molecule has 0 aliphatic heterocycles. The van der Waals surface area contributed by atoms with E-state index in [1.54, 1.807) is 45.0 Å². The van der Waals surface area contributed by atoms with Crippen molar-refractivity contribution in [2.75, 3.05) is 10.6 Å². The van der Waals surface area contributed by atoms with E-state index in [-0.39, 0.29) is 18.0 Å². The summed E-state index contributed by atoms with van der Waals surface area (Å²) in [5, 5.41) is 8.49. The zero-order valence-electron chi connectivity index (χ0n) is 17.1. The first-order valence-corrected chi connectivity index (χ1v) is 9.36. The Labute approximate surface area is 166 Å². The average molecular weight is 383 g/mol. The zero-order chi connectivity index (χ0) is 20.7. The molecule has 150 valence electrons. The highest BCUT2D eigenvalue weighted by Crippen LogP contribution is 2.22. The second-order valence-electron chi connectivity index (χ2n) is 7.94. The van der Waals surface area contributed by atoms with Gasteiger partial charge in [0.2, 0.25) is 0 Å². The predicted octanol–water partition coefficient (Wildman–Crippen LogP) is 5.55. The van der Waals surface area contributed by atoms with Crippen LogP contribution in [0.4, 0.5) is 21.0 Å². The number of hydrogen-bond donors (Lipinski definition) is 3. The van der Waals surface area contributed by atoms with E-state index in [0.717, 1.165) is 5.56 Å². The molecule has 3 N–H and O–H groups in total. The van der Waals surface area contributed by atoms with Crippen molar-refractivity contribution >= 4 is 23.5 Å². The summed E-state index contributed by atoms with van der Waals surface area (Å²) in [4.78, 5) is 24.2. The molecule has 3 amide bonds. The smallest absolute Gasteiger partial charge is 0.412 e. The number of anilines is 2. The highest BCUT2D eigenvalue weighted by molar-refractivity contribution is 5.90. The van der Waals surface area contributed by atoms with Gasteiger partial charge in [0.25, 0.3) is 0 Å². The molecular weight excluding hydrogens is 354 g/mol. The third-order valence-electron chi connectivity index (χ3n) is 3.90. The standard InChI is InChI=1S/C22H29N3O3/c1-15(2)19(16-9-7-6-8-10-16)25-20(26)23-17-11-13-18(14-12-17)24-21(27)28-22(3,4)5/h6-15,19H,1-5H3,(H,24,27)(H2,23,25,26). The average Bonchev–Trinajstić information content (AvgIpc) is 2.60. The Balaban J connectivity index is 1.94. The summed E-state index contributed by atoms with van der Waals surface area (Å²) in [6.45, 7) is 9.54. The van der Waals surface area contributed by atoms with Crippen molar-refractivity contribution < 1.29 is 14.3 Å². The topological polar surface area (TPSA) is 79.5 Å². The Morgan fingerprint density at radius 3 is 1.89 bits per heavy atom. The first-order valence-electron chi connectivity index (χ1n) is 9.36. The Hall–Kier alpha value is -3.02. The van der Waals surface area contributed by atoms with E-state index in [4.69, 9.17) is 4.74 Å². The van der Waals surface area contributed by atoms with Crippen LogP contribution in [0.1, 0.15) is 46.2 Å². The lowest BCUT2D eigenvalue weighted by molar-refractivity contribution is 0.0636. The van der Waals surface area contributed by atoms with E-state index in [1.165, 1.54) is 0 Å². The Morgan fingerprint density at radius 2 is 1.39 bits per heavy atom. The van der Waals surface area contributed by atoms with Gasteiger partial charge in [-0.05, 0) is 56.5 Å². The monoisotopic (exact) mass is 383 g/mol. The van der Waals surface area contributed by atoms with Gasteiger partial charge in [0.1, 0.15) is 5.60 Å². The van der Waals surface area contributed by atoms with Crippen LogP contribution in [0.3, 0.4) is 0 Å². The van der Waals surface area contributed by atoms with E-state index in [0.29, 0.717) is 11.4 Å². The minimum absolute atomic E-state index is 0.0886. The number of ether oxygens (including phenoxy) is 1. The van der Waals surface area contributed by atoms with E-state index < -0.39 is 11.7 Å². The Bertz CT molecular complexity index is 781. The number of urea groups is 1. The highest BCUT2D eigenvalue weighted by Gasteiger charge is 2.18. The lowest BCUT2D eigenvalue weighted by Crippen LogP contribution is -2.35. The molecule has 2 aromatic carbocycles. The minimum atomic E-state index is -0.560. The molecule has 0 saturated heterocycles. The predicted molar refractivity (Wildman–Crippen MR) is 112 cm³/mol. The maximum absolute atomic E-state index is 12.4. The fraction of sp³-hybridized carbons (Fsp3) is 0.364. The van der Waals surface area contributed by atoms with Gasteiger partial charge in [-0.3, -0.25) is 5.32 Å². The van der Waals surface area contributed by atoms with Gasteiger partial charge in [-0.15, -0.1) is 0 Å². The van der Waals surface area contributed by atoms with Gasteiger partial charge in [0, 0.05) is 11.4 Å². The Kier molecular flexibility index (Phi) is 7.04. The van der Waals surface area contributed by atoms with E-state index in [9.17, 15) is 9.59 Å². The van der Waals surface area contributed by atoms with E-state index in [1.807, 2.05) is 30.3 Å². The van der Waals surface area contributed by atoms with Gasteiger partial charge in [0.05, 0.1) is 6.04 Å². The molecule has 0 spiro atoms. The zero-order valence-corrected chi connectivity index (χ0v) is 17.1. The molecule has 1 atom stereocenters. The molecule has 2 rings (SSSR count). The summed E-state index contributed by atoms with van der Waals surface area (Å²) < 4.78 is 5.21. The van der Waals surface area contributed by atoms with Crippen molar-refractivity contribution in [3.8, 4) is 0 Å². The number of carbonyl (C=O) groups is 2. The molecule has 0 bridgehead atoms. The van der Waals surface area contributed by atoms with Crippen molar-refractivity contribution in [3.63, 3.8) is 0 Å². The number of carbonyl (C=O) groups excluding carboxylic acids is 2. The molecule has 0 aromatic heterocycles. The molecule has 0 heterocycles. The summed E-state index contributed by atoms with van der Waals surface area (Å²) in [7, 11) is 0. The summed E-state index contributed by atoms with van der Waals surface area (Å²) in [6, 6.07) is 16.4. The number of benzene rings is 2. The third-order valence-corrected chi connectivity index (χ3v) is 3.90. The third kappa shape index (κ3) is 6.95. The minimum Gasteiger partial charge on any atom is -0.444 e. The van der Waals surface area contributed by atoms with E-state index >= 15 is 0 Å². The number of amides is 3. The second kappa shape index (κ2) is 9.26. The van der Waals surface area contributed by atoms with Crippen LogP contribution >= 0.6 is 0 Å². The maximum atomic E-state index is 12.4. The lowest BCUT2D eigenvalue weighted by atomic mass is 9.96. The fourth-order valence-corrected chi connectivity index (χ4v) is 2.66. The first-order chi connectivity index (χ1) is 13.1. The summed E-state index contributed by atoms with van der Waals surface area (Å²) >= 11 is 0. The van der Waals surface area contributed by atoms with E-state index in [2.05, 4.69) is 29.8 Å². The van der Waals surface area contributed by atoms with Gasteiger partial charge in [0.15, 0.2) is 0 Å². The van der Waals surface area contributed by atoms with Crippen LogP contribution in [0, 0.1) is 5.92 Å². The normalized spacial score (nSPS) is 12.2. The maximum Gasteiger partial charge on any atom is 0.412 e. The van der Waals surface area contributed by atoms with Crippen molar-refractivity contribution in [3.05, 3.63) is 60.2 Å². The fourth-order valence-electron chi connectivity index (χ4n) is 2.66. The van der Waals surface area contributed by atoms with Crippen molar-refractivity contribution in [2.24, 2.45) is 5.92 Å². The lowest BCUT2D eigenvalue weighted by Gasteiger charge is -2.23. The quantitative estimate of drug-likeness (QED) is 0.633. The van der Waals surface area contributed by atoms with Crippen LogP contribution < -0.4 is 16.0 Å². The van der Waals surface area contributed by atoms with Gasteiger partial charge in [-0.25, -0.2) is 9.59 Å². The van der Waals surface area contributed by atoms with Crippen molar-refractivity contribution in [1.82, 2.24) is 5.32 Å². The molecule has 0 aliphatic rings. The molecule has 0 aliphatic carbocycles. The number of rotatable bonds is 5. The van der Waals surface area contributed by atoms with Crippen LogP contribution in [0.25, 0.3) is 0 Å². The number of hydrogen-bond acceptors (Lipinski definition) is 3. The number of nitrogens with one attached hydrogen (secondary N) is 3. The molecule has 1 unspecified atom stereocenters. The summed E-state index contributed by atoms with van der Waals surface area (Å²) in [5.41, 5.74) is 1.71. The molecular formula is C22H29N3O3. The van der Waals surface area contributed by atoms with Crippen LogP contribution in [0.5, 0.6) is 0 Å². The highest BCUT2D eigenvalue weighted by atomic mass is 16.6. The SMILES string of the molecule is CC(C)C(NC(=O)Nc1ccc(NC(=O)OC(C)(C)C)cc1)c1ccccc1. The molecule has 0 saturated carbocycles. The molecule has 0 radical (unpaired) electrons. The summed E-state index contributed by atoms with van der Waals surface area (Å²) in [5.74, 6) is 0.244. The molecule has 6 nitrogen and oxygen atoms in total. The largest absolute Gasteiger partial charge is 0.444 e. The van der Waals surface area contributed by atoms with Gasteiger partial charge < -0.3 is 15.4 Å². The Morgan fingerprint density at radius 1 is 0.857 bits per heavy atom. The van der Waals surface area contributed by atoms with Crippen LogP contribution in [0.2, 0.25) is 0 Å². The van der Waals surface area contributed by atoms with Crippen LogP contribution in [-0.2, 0) is 4.74 Å².